The summed E-state index contributed by atoms with van der Waals surface area (Å²) in [5.74, 6) is 0.812. The maximum Gasteiger partial charge on any atom is 0.189 e. The lowest BCUT2D eigenvalue weighted by Gasteiger charge is -2.24. The number of anilines is 1. The monoisotopic (exact) mass is 294 g/mol. The van der Waals surface area contributed by atoms with Gasteiger partial charge in [-0.05, 0) is 26.1 Å². The fourth-order valence-corrected chi connectivity index (χ4v) is 2.90. The van der Waals surface area contributed by atoms with Gasteiger partial charge in [0.25, 0.3) is 0 Å². The smallest absolute Gasteiger partial charge is 0.189 e. The zero-order chi connectivity index (χ0) is 14.4. The lowest BCUT2D eigenvalue weighted by atomic mass is 10.2. The van der Waals surface area contributed by atoms with Crippen LogP contribution in [0.4, 0.5) is 5.82 Å². The van der Waals surface area contributed by atoms with Gasteiger partial charge in [0, 0.05) is 19.6 Å². The molecule has 6 heteroatoms. The molecule has 5 nitrogen and oxygen atoms in total. The zero-order valence-electron chi connectivity index (χ0n) is 12.2. The van der Waals surface area contributed by atoms with Crippen molar-refractivity contribution in [3.63, 3.8) is 0 Å². The topological polar surface area (TPSA) is 58.1 Å². The van der Waals surface area contributed by atoms with Crippen molar-refractivity contribution in [2.75, 3.05) is 31.3 Å². The third-order valence-electron chi connectivity index (χ3n) is 3.53. The Labute approximate surface area is 124 Å². The summed E-state index contributed by atoms with van der Waals surface area (Å²) < 4.78 is 0. The van der Waals surface area contributed by atoms with Crippen LogP contribution in [0.1, 0.15) is 41.7 Å². The average Bonchev–Trinajstić information content (AvgIpc) is 2.75. The van der Waals surface area contributed by atoms with Crippen LogP contribution in [0.2, 0.25) is 0 Å². The Balaban J connectivity index is 2.42. The fourth-order valence-electron chi connectivity index (χ4n) is 2.52. The van der Waals surface area contributed by atoms with Gasteiger partial charge in [-0.15, -0.1) is 0 Å². The number of nitrogens with zero attached hydrogens (tertiary/aromatic N) is 3. The highest BCUT2D eigenvalue weighted by molar-refractivity contribution is 7.98. The Bertz CT molecular complexity index is 459. The minimum Gasteiger partial charge on any atom is -0.356 e. The molecule has 2 rings (SSSR count). The molecule has 0 aliphatic carbocycles. The van der Waals surface area contributed by atoms with Crippen LogP contribution in [0, 0.1) is 0 Å². The molecule has 110 valence electrons. The Morgan fingerprint density at radius 2 is 1.95 bits per heavy atom. The SMILES string of the molecule is CNCc1nc(SC)nc(N2CCCCCC2)c1C=O. The van der Waals surface area contributed by atoms with Crippen molar-refractivity contribution >= 4 is 23.9 Å². The van der Waals surface area contributed by atoms with Gasteiger partial charge in [0.05, 0.1) is 11.3 Å². The third-order valence-corrected chi connectivity index (χ3v) is 4.08. The lowest BCUT2D eigenvalue weighted by molar-refractivity contribution is 0.112. The summed E-state index contributed by atoms with van der Waals surface area (Å²) >= 11 is 1.52. The molecule has 0 atom stereocenters. The molecule has 0 spiro atoms. The van der Waals surface area contributed by atoms with E-state index in [0.717, 1.165) is 48.9 Å². The average molecular weight is 294 g/mol. The molecule has 0 unspecified atom stereocenters. The Morgan fingerprint density at radius 1 is 1.25 bits per heavy atom. The Morgan fingerprint density at radius 3 is 2.50 bits per heavy atom. The molecule has 1 saturated heterocycles. The number of carbonyl (C=O) groups is 1. The molecule has 20 heavy (non-hydrogen) atoms. The number of hydrogen-bond acceptors (Lipinski definition) is 6. The van der Waals surface area contributed by atoms with Crippen LogP contribution < -0.4 is 10.2 Å². The minimum absolute atomic E-state index is 0.588. The second-order valence-electron chi connectivity index (χ2n) is 4.94. The van der Waals surface area contributed by atoms with Crippen molar-refractivity contribution in [1.29, 1.82) is 0 Å². The predicted octanol–water partition coefficient (Wildman–Crippen LogP) is 2.11. The molecule has 0 radical (unpaired) electrons. The van der Waals surface area contributed by atoms with Gasteiger partial charge in [-0.3, -0.25) is 4.79 Å². The maximum absolute atomic E-state index is 11.5. The molecule has 0 aromatic carbocycles. The number of aromatic nitrogens is 2. The van der Waals surface area contributed by atoms with Crippen molar-refractivity contribution in [3.8, 4) is 0 Å². The highest BCUT2D eigenvalue weighted by Crippen LogP contribution is 2.25. The van der Waals surface area contributed by atoms with E-state index in [1.807, 2.05) is 13.3 Å². The second-order valence-corrected chi connectivity index (χ2v) is 5.72. The normalized spacial score (nSPS) is 16.0. The molecular weight excluding hydrogens is 272 g/mol. The first-order chi connectivity index (χ1) is 9.80. The van der Waals surface area contributed by atoms with Crippen molar-refractivity contribution in [2.45, 2.75) is 37.4 Å². The first-order valence-electron chi connectivity index (χ1n) is 7.09. The standard InChI is InChI=1S/C14H22N4OS/c1-15-9-12-11(10-19)13(17-14(16-12)20-2)18-7-5-3-4-6-8-18/h10,15H,3-9H2,1-2H3. The van der Waals surface area contributed by atoms with Crippen LogP contribution in [0.5, 0.6) is 0 Å². The van der Waals surface area contributed by atoms with Crippen LogP contribution in [-0.4, -0.2) is 42.6 Å². The van der Waals surface area contributed by atoms with Gasteiger partial charge in [-0.1, -0.05) is 24.6 Å². The van der Waals surface area contributed by atoms with E-state index in [9.17, 15) is 4.79 Å². The third kappa shape index (κ3) is 3.49. The number of thioether (sulfide) groups is 1. The van der Waals surface area contributed by atoms with Gasteiger partial charge in [0.15, 0.2) is 11.4 Å². The molecule has 1 aromatic rings. The van der Waals surface area contributed by atoms with Crippen LogP contribution in [0.15, 0.2) is 5.16 Å². The van der Waals surface area contributed by atoms with Crippen LogP contribution in [0.25, 0.3) is 0 Å². The molecule has 1 N–H and O–H groups in total. The quantitative estimate of drug-likeness (QED) is 0.510. The van der Waals surface area contributed by atoms with Crippen LogP contribution in [0.3, 0.4) is 0 Å². The number of aldehydes is 1. The van der Waals surface area contributed by atoms with Crippen molar-refractivity contribution in [2.24, 2.45) is 0 Å². The van der Waals surface area contributed by atoms with E-state index < -0.39 is 0 Å². The van der Waals surface area contributed by atoms with Gasteiger partial charge in [0.1, 0.15) is 5.82 Å². The van der Waals surface area contributed by atoms with Crippen molar-refractivity contribution < 1.29 is 4.79 Å². The molecule has 2 heterocycles. The number of rotatable bonds is 5. The van der Waals surface area contributed by atoms with Crippen molar-refractivity contribution in [3.05, 3.63) is 11.3 Å². The summed E-state index contributed by atoms with van der Waals surface area (Å²) in [5.41, 5.74) is 1.43. The molecule has 0 saturated carbocycles. The second kappa shape index (κ2) is 7.59. The van der Waals surface area contributed by atoms with Crippen LogP contribution in [-0.2, 0) is 6.54 Å². The van der Waals surface area contributed by atoms with E-state index in [4.69, 9.17) is 0 Å². The largest absolute Gasteiger partial charge is 0.356 e. The molecule has 1 aliphatic heterocycles. The minimum atomic E-state index is 0.588. The summed E-state index contributed by atoms with van der Waals surface area (Å²) in [6.07, 6.45) is 7.71. The number of hydrogen-bond donors (Lipinski definition) is 1. The first kappa shape index (κ1) is 15.3. The molecular formula is C14H22N4OS. The molecule has 1 aromatic heterocycles. The van der Waals surface area contributed by atoms with Gasteiger partial charge in [-0.2, -0.15) is 0 Å². The summed E-state index contributed by atoms with van der Waals surface area (Å²) in [6, 6.07) is 0. The van der Waals surface area contributed by atoms with E-state index in [1.54, 1.807) is 0 Å². The zero-order valence-corrected chi connectivity index (χ0v) is 13.0. The summed E-state index contributed by atoms with van der Waals surface area (Å²) in [5, 5.41) is 3.81. The van der Waals surface area contributed by atoms with E-state index in [0.29, 0.717) is 12.1 Å². The Hall–Kier alpha value is -1.14. The highest BCUT2D eigenvalue weighted by Gasteiger charge is 2.19. The first-order valence-corrected chi connectivity index (χ1v) is 8.32. The molecule has 1 fully saturated rings. The van der Waals surface area contributed by atoms with Crippen LogP contribution >= 0.6 is 11.8 Å². The Kier molecular flexibility index (Phi) is 5.79. The summed E-state index contributed by atoms with van der Waals surface area (Å²) in [6.45, 7) is 2.54. The molecule has 0 amide bonds. The number of carbonyl (C=O) groups excluding carboxylic acids is 1. The predicted molar refractivity (Wildman–Crippen MR) is 82.6 cm³/mol. The summed E-state index contributed by atoms with van der Waals surface area (Å²) in [4.78, 5) is 22.8. The van der Waals surface area contributed by atoms with Gasteiger partial charge >= 0.3 is 0 Å². The molecule has 0 bridgehead atoms. The van der Waals surface area contributed by atoms with Gasteiger partial charge < -0.3 is 10.2 Å². The summed E-state index contributed by atoms with van der Waals surface area (Å²) in [7, 11) is 1.86. The van der Waals surface area contributed by atoms with Gasteiger partial charge in [0.2, 0.25) is 0 Å². The van der Waals surface area contributed by atoms with Crippen molar-refractivity contribution in [1.82, 2.24) is 15.3 Å². The number of nitrogens with one attached hydrogen (secondary N) is 1. The van der Waals surface area contributed by atoms with E-state index in [1.165, 1.54) is 24.6 Å². The fraction of sp³-hybridized carbons (Fsp3) is 0.643. The van der Waals surface area contributed by atoms with Gasteiger partial charge in [-0.25, -0.2) is 9.97 Å². The highest BCUT2D eigenvalue weighted by atomic mass is 32.2. The van der Waals surface area contributed by atoms with E-state index in [-0.39, 0.29) is 0 Å². The van der Waals surface area contributed by atoms with E-state index in [2.05, 4.69) is 20.2 Å². The maximum atomic E-state index is 11.5. The van der Waals surface area contributed by atoms with E-state index >= 15 is 0 Å². The lowest BCUT2D eigenvalue weighted by Crippen LogP contribution is -2.27. The molecule has 1 aliphatic rings.